The first-order valence-corrected chi connectivity index (χ1v) is 13.8. The zero-order valence-electron chi connectivity index (χ0n) is 21.9. The van der Waals surface area contributed by atoms with Gasteiger partial charge >= 0.3 is 0 Å². The first-order valence-electron chi connectivity index (χ1n) is 12.3. The van der Waals surface area contributed by atoms with Crippen LogP contribution in [0, 0.1) is 12.7 Å². The number of aryl methyl sites for hydroxylation is 1. The van der Waals surface area contributed by atoms with E-state index in [1.807, 2.05) is 31.2 Å². The topological polar surface area (TPSA) is 105 Å². The van der Waals surface area contributed by atoms with Gasteiger partial charge in [-0.1, -0.05) is 29.8 Å². The summed E-state index contributed by atoms with van der Waals surface area (Å²) in [5.41, 5.74) is 1.84. The molecule has 1 N–H and O–H groups in total. The number of ether oxygens (including phenoxy) is 2. The van der Waals surface area contributed by atoms with Crippen LogP contribution in [0.2, 0.25) is 0 Å². The Kier molecular flexibility index (Phi) is 8.39. The number of benzene rings is 3. The fraction of sp³-hybridized carbons (Fsp3) is 0.286. The molecule has 206 valence electrons. The van der Waals surface area contributed by atoms with Crippen molar-refractivity contribution in [3.05, 3.63) is 83.7 Å². The van der Waals surface area contributed by atoms with E-state index in [1.54, 1.807) is 6.92 Å². The summed E-state index contributed by atoms with van der Waals surface area (Å²) in [6.07, 6.45) is 0. The van der Waals surface area contributed by atoms with E-state index in [2.05, 4.69) is 5.32 Å². The molecule has 3 aromatic carbocycles. The normalized spacial score (nSPS) is 13.3. The van der Waals surface area contributed by atoms with E-state index < -0.39 is 40.2 Å². The van der Waals surface area contributed by atoms with E-state index in [0.29, 0.717) is 12.4 Å². The Bertz CT molecular complexity index is 1460. The molecule has 4 rings (SSSR count). The molecule has 39 heavy (non-hydrogen) atoms. The molecule has 0 saturated carbocycles. The Hall–Kier alpha value is -4.12. The summed E-state index contributed by atoms with van der Waals surface area (Å²) in [4.78, 5) is 27.5. The standard InChI is InChI=1S/C28H30FN3O6S/c1-19-5-4-6-21(15-19)17-31(20(2)28(34)30-3)27(33)18-32(23-9-7-22(29)8-10-23)39(35,36)24-11-12-25-26(16-24)38-14-13-37-25/h4-12,15-16,20H,13-14,17-18H2,1-3H3,(H,30,34)/t20-/m1/s1. The first kappa shape index (κ1) is 27.9. The number of fused-ring (bicyclic) bond motifs is 1. The number of nitrogens with one attached hydrogen (secondary N) is 1. The summed E-state index contributed by atoms with van der Waals surface area (Å²) in [6, 6.07) is 15.6. The van der Waals surface area contributed by atoms with E-state index in [-0.39, 0.29) is 29.5 Å². The average molecular weight is 556 g/mol. The van der Waals surface area contributed by atoms with Gasteiger partial charge in [-0.15, -0.1) is 0 Å². The number of nitrogens with zero attached hydrogens (tertiary/aromatic N) is 2. The minimum atomic E-state index is -4.33. The van der Waals surface area contributed by atoms with Gasteiger partial charge in [0.15, 0.2) is 11.5 Å². The van der Waals surface area contributed by atoms with Gasteiger partial charge in [0.2, 0.25) is 11.8 Å². The third-order valence-electron chi connectivity index (χ3n) is 6.34. The summed E-state index contributed by atoms with van der Waals surface area (Å²) in [6.45, 7) is 3.54. The molecule has 0 bridgehead atoms. The summed E-state index contributed by atoms with van der Waals surface area (Å²) in [5, 5.41) is 2.54. The number of halogens is 1. The second kappa shape index (κ2) is 11.7. The maximum atomic E-state index is 13.9. The largest absolute Gasteiger partial charge is 0.486 e. The van der Waals surface area contributed by atoms with Crippen LogP contribution in [0.4, 0.5) is 10.1 Å². The maximum Gasteiger partial charge on any atom is 0.264 e. The Balaban J connectivity index is 1.72. The van der Waals surface area contributed by atoms with Crippen LogP contribution in [0.5, 0.6) is 11.5 Å². The van der Waals surface area contributed by atoms with Crippen molar-refractivity contribution in [3.63, 3.8) is 0 Å². The fourth-order valence-electron chi connectivity index (χ4n) is 4.25. The average Bonchev–Trinajstić information content (AvgIpc) is 2.94. The molecule has 0 aromatic heterocycles. The van der Waals surface area contributed by atoms with Crippen molar-refractivity contribution < 1.29 is 31.9 Å². The predicted octanol–water partition coefficient (Wildman–Crippen LogP) is 3.26. The molecule has 0 aliphatic carbocycles. The summed E-state index contributed by atoms with van der Waals surface area (Å²) >= 11 is 0. The maximum absolute atomic E-state index is 13.9. The molecular formula is C28H30FN3O6S. The number of likely N-dealkylation sites (N-methyl/N-ethyl adjacent to an activating group) is 1. The molecule has 11 heteroatoms. The van der Waals surface area contributed by atoms with E-state index in [9.17, 15) is 22.4 Å². The lowest BCUT2D eigenvalue weighted by Crippen LogP contribution is -2.50. The van der Waals surface area contributed by atoms with Crippen molar-refractivity contribution in [1.82, 2.24) is 10.2 Å². The van der Waals surface area contributed by atoms with E-state index in [1.165, 1.54) is 42.3 Å². The van der Waals surface area contributed by atoms with Crippen LogP contribution in [0.1, 0.15) is 18.1 Å². The van der Waals surface area contributed by atoms with Gasteiger partial charge in [0, 0.05) is 19.7 Å². The molecule has 3 aromatic rings. The third-order valence-corrected chi connectivity index (χ3v) is 8.11. The number of sulfonamides is 1. The number of anilines is 1. The Morgan fingerprint density at radius 3 is 2.36 bits per heavy atom. The number of amides is 2. The van der Waals surface area contributed by atoms with Gasteiger partial charge in [0.1, 0.15) is 31.6 Å². The van der Waals surface area contributed by atoms with Crippen LogP contribution in [0.3, 0.4) is 0 Å². The molecule has 0 radical (unpaired) electrons. The van der Waals surface area contributed by atoms with Gasteiger partial charge in [-0.2, -0.15) is 0 Å². The molecule has 0 spiro atoms. The zero-order chi connectivity index (χ0) is 28.2. The van der Waals surface area contributed by atoms with Crippen LogP contribution in [-0.4, -0.2) is 58.0 Å². The molecule has 1 atom stereocenters. The first-order chi connectivity index (χ1) is 18.6. The molecule has 2 amide bonds. The molecule has 9 nitrogen and oxygen atoms in total. The van der Waals surface area contributed by atoms with Gasteiger partial charge in [0.05, 0.1) is 10.6 Å². The molecular weight excluding hydrogens is 525 g/mol. The number of hydrogen-bond donors (Lipinski definition) is 1. The SMILES string of the molecule is CNC(=O)[C@@H](C)N(Cc1cccc(C)c1)C(=O)CN(c1ccc(F)cc1)S(=O)(=O)c1ccc2c(c1)OCCO2. The van der Waals surface area contributed by atoms with E-state index >= 15 is 0 Å². The number of hydrogen-bond acceptors (Lipinski definition) is 6. The highest BCUT2D eigenvalue weighted by Crippen LogP contribution is 2.34. The van der Waals surface area contributed by atoms with Crippen LogP contribution in [0.15, 0.2) is 71.6 Å². The Morgan fingerprint density at radius 2 is 1.69 bits per heavy atom. The van der Waals surface area contributed by atoms with Gasteiger partial charge < -0.3 is 19.7 Å². The number of rotatable bonds is 9. The van der Waals surface area contributed by atoms with E-state index in [0.717, 1.165) is 27.6 Å². The lowest BCUT2D eigenvalue weighted by molar-refractivity contribution is -0.139. The smallest absolute Gasteiger partial charge is 0.264 e. The quantitative estimate of drug-likeness (QED) is 0.435. The minimum Gasteiger partial charge on any atom is -0.486 e. The van der Waals surface area contributed by atoms with Crippen molar-refractivity contribution in [2.45, 2.75) is 31.3 Å². The monoisotopic (exact) mass is 555 g/mol. The zero-order valence-corrected chi connectivity index (χ0v) is 22.7. The fourth-order valence-corrected chi connectivity index (χ4v) is 5.68. The van der Waals surface area contributed by atoms with Crippen molar-refractivity contribution in [1.29, 1.82) is 0 Å². The number of carbonyl (C=O) groups excluding carboxylic acids is 2. The molecule has 0 unspecified atom stereocenters. The predicted molar refractivity (Wildman–Crippen MR) is 144 cm³/mol. The van der Waals surface area contributed by atoms with Gasteiger partial charge in [-0.3, -0.25) is 13.9 Å². The van der Waals surface area contributed by atoms with Crippen LogP contribution in [-0.2, 0) is 26.2 Å². The van der Waals surface area contributed by atoms with Crippen LogP contribution < -0.4 is 19.1 Å². The summed E-state index contributed by atoms with van der Waals surface area (Å²) in [7, 11) is -2.87. The highest BCUT2D eigenvalue weighted by atomic mass is 32.2. The lowest BCUT2D eigenvalue weighted by Gasteiger charge is -2.32. The van der Waals surface area contributed by atoms with Crippen molar-refractivity contribution in [3.8, 4) is 11.5 Å². The van der Waals surface area contributed by atoms with Gasteiger partial charge in [-0.05, 0) is 55.8 Å². The van der Waals surface area contributed by atoms with Crippen molar-refractivity contribution >= 4 is 27.5 Å². The molecule has 1 aliphatic rings. The Labute approximate surface area is 227 Å². The van der Waals surface area contributed by atoms with Gasteiger partial charge in [0.25, 0.3) is 10.0 Å². The third kappa shape index (κ3) is 6.31. The second-order valence-electron chi connectivity index (χ2n) is 9.09. The van der Waals surface area contributed by atoms with Gasteiger partial charge in [-0.25, -0.2) is 12.8 Å². The lowest BCUT2D eigenvalue weighted by atomic mass is 10.1. The highest BCUT2D eigenvalue weighted by Gasteiger charge is 2.33. The summed E-state index contributed by atoms with van der Waals surface area (Å²) < 4.78 is 53.5. The summed E-state index contributed by atoms with van der Waals surface area (Å²) in [5.74, 6) is -0.900. The Morgan fingerprint density at radius 1 is 1.00 bits per heavy atom. The number of carbonyl (C=O) groups is 2. The van der Waals surface area contributed by atoms with Crippen molar-refractivity contribution in [2.24, 2.45) is 0 Å². The highest BCUT2D eigenvalue weighted by molar-refractivity contribution is 7.92. The molecule has 1 aliphatic heterocycles. The van der Waals surface area contributed by atoms with Crippen LogP contribution in [0.25, 0.3) is 0 Å². The van der Waals surface area contributed by atoms with Crippen molar-refractivity contribution in [2.75, 3.05) is 31.1 Å². The second-order valence-corrected chi connectivity index (χ2v) is 11.0. The molecule has 1 heterocycles. The molecule has 0 fully saturated rings. The molecule has 0 saturated heterocycles. The van der Waals surface area contributed by atoms with E-state index in [4.69, 9.17) is 9.47 Å². The minimum absolute atomic E-state index is 0.0798. The van der Waals surface area contributed by atoms with Crippen LogP contribution >= 0.6 is 0 Å².